The van der Waals surface area contributed by atoms with Crippen molar-refractivity contribution in [2.45, 2.75) is 25.2 Å². The van der Waals surface area contributed by atoms with Gasteiger partial charge < -0.3 is 10.1 Å². The largest absolute Gasteiger partial charge is 0.463 e. The minimum absolute atomic E-state index is 0.209. The summed E-state index contributed by atoms with van der Waals surface area (Å²) >= 11 is 0. The van der Waals surface area contributed by atoms with Gasteiger partial charge in [0.15, 0.2) is 0 Å². The summed E-state index contributed by atoms with van der Waals surface area (Å²) in [5, 5.41) is 2.28. The monoisotopic (exact) mass is 392 g/mol. The molecular weight excluding hydrogens is 373 g/mol. The van der Waals surface area contributed by atoms with Crippen molar-refractivity contribution in [3.63, 3.8) is 0 Å². The molecule has 8 heteroatoms. The van der Waals surface area contributed by atoms with Gasteiger partial charge in [0.2, 0.25) is 5.91 Å². The third-order valence-electron chi connectivity index (χ3n) is 4.45. The van der Waals surface area contributed by atoms with Gasteiger partial charge in [-0.15, -0.1) is 0 Å². The minimum Gasteiger partial charge on any atom is -0.463 e. The van der Waals surface area contributed by atoms with E-state index < -0.39 is 29.7 Å². The first-order valence-corrected chi connectivity index (χ1v) is 8.75. The predicted molar refractivity (Wildman–Crippen MR) is 96.3 cm³/mol. The van der Waals surface area contributed by atoms with Gasteiger partial charge in [0.05, 0.1) is 17.7 Å². The van der Waals surface area contributed by atoms with Crippen LogP contribution in [0.5, 0.6) is 0 Å². The van der Waals surface area contributed by atoms with E-state index in [9.17, 15) is 22.8 Å². The van der Waals surface area contributed by atoms with Crippen molar-refractivity contribution in [3.05, 3.63) is 65.7 Å². The Labute approximate surface area is 160 Å². The van der Waals surface area contributed by atoms with Crippen LogP contribution in [0, 0.1) is 0 Å². The number of amides is 1. The van der Waals surface area contributed by atoms with Crippen LogP contribution in [0.15, 0.2) is 54.6 Å². The molecule has 0 aromatic heterocycles. The summed E-state index contributed by atoms with van der Waals surface area (Å²) in [6.07, 6.45) is -4.88. The van der Waals surface area contributed by atoms with Crippen LogP contribution in [0.25, 0.3) is 0 Å². The number of nitrogens with one attached hydrogen (secondary N) is 1. The molecule has 1 heterocycles. The maximum absolute atomic E-state index is 13.1. The fourth-order valence-corrected chi connectivity index (χ4v) is 3.10. The molecular formula is C20H19F3N2O3. The molecule has 1 saturated heterocycles. The molecule has 1 N–H and O–H groups in total. The Hall–Kier alpha value is -2.87. The van der Waals surface area contributed by atoms with Crippen molar-refractivity contribution >= 4 is 17.6 Å². The zero-order valence-electron chi connectivity index (χ0n) is 14.9. The SMILES string of the molecule is O=C(C[C@H]1C(=O)OCCN1Cc1ccccc1)Nc1ccccc1C(F)(F)F. The Morgan fingerprint density at radius 2 is 1.79 bits per heavy atom. The summed E-state index contributed by atoms with van der Waals surface area (Å²) in [6, 6.07) is 13.3. The number of hydrogen-bond acceptors (Lipinski definition) is 4. The fourth-order valence-electron chi connectivity index (χ4n) is 3.10. The van der Waals surface area contributed by atoms with Crippen LogP contribution in [-0.4, -0.2) is 36.0 Å². The van der Waals surface area contributed by atoms with Gasteiger partial charge in [-0.2, -0.15) is 13.2 Å². The van der Waals surface area contributed by atoms with E-state index >= 15 is 0 Å². The van der Waals surface area contributed by atoms with E-state index in [4.69, 9.17) is 4.74 Å². The summed E-state index contributed by atoms with van der Waals surface area (Å²) in [6.45, 7) is 1.09. The zero-order valence-corrected chi connectivity index (χ0v) is 14.9. The number of benzene rings is 2. The van der Waals surface area contributed by atoms with Crippen LogP contribution in [0.4, 0.5) is 18.9 Å². The second-order valence-electron chi connectivity index (χ2n) is 6.44. The number of cyclic esters (lactones) is 1. The number of para-hydroxylation sites is 1. The van der Waals surface area contributed by atoms with E-state index in [-0.39, 0.29) is 18.7 Å². The third-order valence-corrected chi connectivity index (χ3v) is 4.45. The van der Waals surface area contributed by atoms with Crippen LogP contribution in [-0.2, 0) is 27.0 Å². The van der Waals surface area contributed by atoms with Gasteiger partial charge in [-0.05, 0) is 17.7 Å². The third kappa shape index (κ3) is 4.89. The number of ether oxygens (including phenoxy) is 1. The second kappa shape index (κ2) is 8.43. The van der Waals surface area contributed by atoms with Crippen LogP contribution < -0.4 is 5.32 Å². The van der Waals surface area contributed by atoms with Crippen LogP contribution >= 0.6 is 0 Å². The molecule has 0 aliphatic carbocycles. The summed E-state index contributed by atoms with van der Waals surface area (Å²) in [4.78, 5) is 26.4. The average Bonchev–Trinajstić information content (AvgIpc) is 2.65. The Balaban J connectivity index is 1.71. The molecule has 0 unspecified atom stereocenters. The van der Waals surface area contributed by atoms with Crippen molar-refractivity contribution in [2.75, 3.05) is 18.5 Å². The number of morpholine rings is 1. The summed E-state index contributed by atoms with van der Waals surface area (Å²) < 4.78 is 44.3. The number of carbonyl (C=O) groups is 2. The van der Waals surface area contributed by atoms with E-state index in [1.807, 2.05) is 30.3 Å². The lowest BCUT2D eigenvalue weighted by Gasteiger charge is -2.33. The highest BCUT2D eigenvalue weighted by Gasteiger charge is 2.36. The lowest BCUT2D eigenvalue weighted by molar-refractivity contribution is -0.159. The Morgan fingerprint density at radius 3 is 2.50 bits per heavy atom. The van der Waals surface area contributed by atoms with Gasteiger partial charge in [0.25, 0.3) is 0 Å². The maximum atomic E-state index is 13.1. The van der Waals surface area contributed by atoms with Crippen LogP contribution in [0.1, 0.15) is 17.5 Å². The van der Waals surface area contributed by atoms with Crippen molar-refractivity contribution < 1.29 is 27.5 Å². The highest BCUT2D eigenvalue weighted by Crippen LogP contribution is 2.34. The van der Waals surface area contributed by atoms with Gasteiger partial charge in [-0.3, -0.25) is 14.5 Å². The van der Waals surface area contributed by atoms with Gasteiger partial charge in [0.1, 0.15) is 12.6 Å². The van der Waals surface area contributed by atoms with Crippen molar-refractivity contribution in [2.24, 2.45) is 0 Å². The van der Waals surface area contributed by atoms with E-state index in [0.717, 1.165) is 11.6 Å². The first kappa shape index (κ1) is 19.9. The number of anilines is 1. The molecule has 5 nitrogen and oxygen atoms in total. The van der Waals surface area contributed by atoms with Gasteiger partial charge in [-0.25, -0.2) is 0 Å². The molecule has 1 fully saturated rings. The Kier molecular flexibility index (Phi) is 5.99. The summed E-state index contributed by atoms with van der Waals surface area (Å²) in [5.41, 5.74) is -0.306. The normalized spacial score (nSPS) is 17.8. The number of alkyl halides is 3. The molecule has 3 rings (SSSR count). The molecule has 0 spiro atoms. The number of nitrogens with zero attached hydrogens (tertiary/aromatic N) is 1. The van der Waals surface area contributed by atoms with Gasteiger partial charge in [-0.1, -0.05) is 42.5 Å². The minimum atomic E-state index is -4.59. The first-order chi connectivity index (χ1) is 13.3. The molecule has 28 heavy (non-hydrogen) atoms. The van der Waals surface area contributed by atoms with E-state index in [1.165, 1.54) is 18.2 Å². The molecule has 1 aliphatic heterocycles. The van der Waals surface area contributed by atoms with Crippen molar-refractivity contribution in [1.82, 2.24) is 4.90 Å². The number of esters is 1. The van der Waals surface area contributed by atoms with E-state index in [1.54, 1.807) is 4.90 Å². The Bertz CT molecular complexity index is 840. The zero-order chi connectivity index (χ0) is 20.1. The van der Waals surface area contributed by atoms with Crippen LogP contribution in [0.3, 0.4) is 0 Å². The van der Waals surface area contributed by atoms with Gasteiger partial charge >= 0.3 is 12.1 Å². The molecule has 0 bridgehead atoms. The van der Waals surface area contributed by atoms with E-state index in [2.05, 4.69) is 5.32 Å². The number of carbonyl (C=O) groups excluding carboxylic acids is 2. The molecule has 0 saturated carbocycles. The highest BCUT2D eigenvalue weighted by molar-refractivity contribution is 5.95. The quantitative estimate of drug-likeness (QED) is 0.792. The number of rotatable bonds is 5. The van der Waals surface area contributed by atoms with Crippen LogP contribution in [0.2, 0.25) is 0 Å². The highest BCUT2D eigenvalue weighted by atomic mass is 19.4. The Morgan fingerprint density at radius 1 is 1.11 bits per heavy atom. The second-order valence-corrected chi connectivity index (χ2v) is 6.44. The van der Waals surface area contributed by atoms with E-state index in [0.29, 0.717) is 13.1 Å². The maximum Gasteiger partial charge on any atom is 0.418 e. The molecule has 2 aromatic rings. The molecule has 1 atom stereocenters. The fraction of sp³-hybridized carbons (Fsp3) is 0.300. The molecule has 1 amide bonds. The average molecular weight is 392 g/mol. The predicted octanol–water partition coefficient (Wildman–Crippen LogP) is 3.46. The van der Waals surface area contributed by atoms with Gasteiger partial charge in [0, 0.05) is 13.1 Å². The number of hydrogen-bond donors (Lipinski definition) is 1. The van der Waals surface area contributed by atoms with Crippen molar-refractivity contribution in [1.29, 1.82) is 0 Å². The number of halogens is 3. The summed E-state index contributed by atoms with van der Waals surface area (Å²) in [5.74, 6) is -1.24. The van der Waals surface area contributed by atoms with Crippen molar-refractivity contribution in [3.8, 4) is 0 Å². The summed E-state index contributed by atoms with van der Waals surface area (Å²) in [7, 11) is 0. The lowest BCUT2D eigenvalue weighted by Crippen LogP contribution is -2.49. The standard InChI is InChI=1S/C20H19F3N2O3/c21-20(22,23)15-8-4-5-9-16(15)24-18(26)12-17-19(27)28-11-10-25(17)13-14-6-2-1-3-7-14/h1-9,17H,10-13H2,(H,24,26)/t17-/m0/s1. The lowest BCUT2D eigenvalue weighted by atomic mass is 10.1. The first-order valence-electron chi connectivity index (χ1n) is 8.75. The molecule has 0 radical (unpaired) electrons. The smallest absolute Gasteiger partial charge is 0.418 e. The molecule has 1 aliphatic rings. The molecule has 148 valence electrons. The molecule has 2 aromatic carbocycles. The topological polar surface area (TPSA) is 58.6 Å².